The highest BCUT2D eigenvalue weighted by atomic mass is 32.1. The normalized spacial score (nSPS) is 16.5. The summed E-state index contributed by atoms with van der Waals surface area (Å²) < 4.78 is 43.3. The summed E-state index contributed by atoms with van der Waals surface area (Å²) in [7, 11) is 0. The molecule has 0 radical (unpaired) electrons. The standard InChI is InChI=1S/C19H16F3N3O2S/c1-10-15(17(26)24-12-8-6-11(20)7-9-12)16(25-19(28)23-10)13-4-2-3-5-14(13)27-18(21)22/h2-9,16,18H,1H3,(H,24,26)(H2,23,25,28)/t16-/m1/s1. The lowest BCUT2D eigenvalue weighted by atomic mass is 9.94. The molecule has 3 rings (SSSR count). The summed E-state index contributed by atoms with van der Waals surface area (Å²) in [6, 6.07) is 10.6. The second-order valence-electron chi connectivity index (χ2n) is 5.95. The quantitative estimate of drug-likeness (QED) is 0.657. The fourth-order valence-corrected chi connectivity index (χ4v) is 3.15. The van der Waals surface area contributed by atoms with Gasteiger partial charge in [-0.2, -0.15) is 8.78 Å². The first-order chi connectivity index (χ1) is 13.3. The Morgan fingerprint density at radius 1 is 1.18 bits per heavy atom. The van der Waals surface area contributed by atoms with Crippen LogP contribution in [0.1, 0.15) is 18.5 Å². The number of anilines is 1. The first-order valence-electron chi connectivity index (χ1n) is 8.24. The van der Waals surface area contributed by atoms with Gasteiger partial charge in [-0.3, -0.25) is 4.79 Å². The minimum Gasteiger partial charge on any atom is -0.434 e. The SMILES string of the molecule is CC1=C(C(=O)Nc2ccc(F)cc2)[C@@H](c2ccccc2OC(F)F)NC(=S)N1. The van der Waals surface area contributed by atoms with Gasteiger partial charge >= 0.3 is 6.61 Å². The molecule has 2 aromatic carbocycles. The van der Waals surface area contributed by atoms with Crippen LogP contribution in [0.4, 0.5) is 18.9 Å². The molecule has 146 valence electrons. The number of carbonyl (C=O) groups excluding carboxylic acids is 1. The van der Waals surface area contributed by atoms with Crippen LogP contribution >= 0.6 is 12.2 Å². The molecule has 1 atom stereocenters. The number of carbonyl (C=O) groups is 1. The molecule has 0 fully saturated rings. The molecule has 1 aliphatic heterocycles. The maximum Gasteiger partial charge on any atom is 0.387 e. The number of ether oxygens (including phenoxy) is 1. The van der Waals surface area contributed by atoms with Gasteiger partial charge in [0, 0.05) is 16.9 Å². The van der Waals surface area contributed by atoms with E-state index in [-0.39, 0.29) is 16.4 Å². The smallest absolute Gasteiger partial charge is 0.387 e. The van der Waals surface area contributed by atoms with Crippen molar-refractivity contribution in [2.75, 3.05) is 5.32 Å². The Morgan fingerprint density at radius 2 is 1.86 bits per heavy atom. The fraction of sp³-hybridized carbons (Fsp3) is 0.158. The average molecular weight is 407 g/mol. The molecule has 2 aromatic rings. The third-order valence-corrected chi connectivity index (χ3v) is 4.28. The Bertz CT molecular complexity index is 932. The maximum atomic E-state index is 13.1. The molecule has 0 bridgehead atoms. The van der Waals surface area contributed by atoms with Gasteiger partial charge in [-0.05, 0) is 49.5 Å². The predicted molar refractivity (Wildman–Crippen MR) is 102 cm³/mol. The van der Waals surface area contributed by atoms with E-state index >= 15 is 0 Å². The monoisotopic (exact) mass is 407 g/mol. The van der Waals surface area contributed by atoms with Crippen LogP contribution in [0.15, 0.2) is 59.8 Å². The van der Waals surface area contributed by atoms with Crippen molar-refractivity contribution in [2.45, 2.75) is 19.6 Å². The van der Waals surface area contributed by atoms with E-state index in [1.807, 2.05) is 0 Å². The van der Waals surface area contributed by atoms with E-state index in [9.17, 15) is 18.0 Å². The number of para-hydroxylation sites is 1. The van der Waals surface area contributed by atoms with Crippen LogP contribution in [0.25, 0.3) is 0 Å². The van der Waals surface area contributed by atoms with Crippen LogP contribution in [0, 0.1) is 5.82 Å². The van der Waals surface area contributed by atoms with Crippen molar-refractivity contribution in [1.82, 2.24) is 10.6 Å². The van der Waals surface area contributed by atoms with E-state index in [0.29, 0.717) is 16.9 Å². The van der Waals surface area contributed by atoms with Gasteiger partial charge in [0.15, 0.2) is 5.11 Å². The zero-order valence-corrected chi connectivity index (χ0v) is 15.4. The molecule has 0 spiro atoms. The summed E-state index contributed by atoms with van der Waals surface area (Å²) in [4.78, 5) is 12.9. The summed E-state index contributed by atoms with van der Waals surface area (Å²) in [5, 5.41) is 8.69. The average Bonchev–Trinajstić information content (AvgIpc) is 2.63. The van der Waals surface area contributed by atoms with E-state index in [4.69, 9.17) is 12.2 Å². The number of benzene rings is 2. The van der Waals surface area contributed by atoms with Gasteiger partial charge in [-0.1, -0.05) is 18.2 Å². The van der Waals surface area contributed by atoms with E-state index < -0.39 is 24.4 Å². The highest BCUT2D eigenvalue weighted by Crippen LogP contribution is 2.34. The molecule has 28 heavy (non-hydrogen) atoms. The third kappa shape index (κ3) is 4.42. The molecule has 1 heterocycles. The molecule has 3 N–H and O–H groups in total. The van der Waals surface area contributed by atoms with Crippen molar-refractivity contribution < 1.29 is 22.7 Å². The number of alkyl halides is 2. The van der Waals surface area contributed by atoms with Crippen LogP contribution in [-0.4, -0.2) is 17.6 Å². The third-order valence-electron chi connectivity index (χ3n) is 4.06. The Labute approximate surface area is 164 Å². The summed E-state index contributed by atoms with van der Waals surface area (Å²) in [6.07, 6.45) is 0. The molecule has 1 amide bonds. The van der Waals surface area contributed by atoms with Crippen molar-refractivity contribution in [3.8, 4) is 5.75 Å². The lowest BCUT2D eigenvalue weighted by Gasteiger charge is -2.31. The minimum absolute atomic E-state index is 0.0698. The molecule has 0 saturated heterocycles. The van der Waals surface area contributed by atoms with Gasteiger partial charge in [0.1, 0.15) is 11.6 Å². The number of nitrogens with one attached hydrogen (secondary N) is 3. The lowest BCUT2D eigenvalue weighted by molar-refractivity contribution is -0.113. The number of hydrogen-bond donors (Lipinski definition) is 3. The van der Waals surface area contributed by atoms with E-state index in [1.165, 1.54) is 30.3 Å². The van der Waals surface area contributed by atoms with Gasteiger partial charge < -0.3 is 20.7 Å². The fourth-order valence-electron chi connectivity index (χ4n) is 2.88. The highest BCUT2D eigenvalue weighted by Gasteiger charge is 2.32. The van der Waals surface area contributed by atoms with Crippen molar-refractivity contribution >= 4 is 28.9 Å². The Morgan fingerprint density at radius 3 is 2.54 bits per heavy atom. The molecule has 0 unspecified atom stereocenters. The Balaban J connectivity index is 1.97. The highest BCUT2D eigenvalue weighted by molar-refractivity contribution is 7.80. The zero-order valence-electron chi connectivity index (χ0n) is 14.6. The molecule has 1 aliphatic rings. The molecule has 0 aliphatic carbocycles. The summed E-state index contributed by atoms with van der Waals surface area (Å²) >= 11 is 5.16. The minimum atomic E-state index is -3.02. The molecule has 0 saturated carbocycles. The number of allylic oxidation sites excluding steroid dienone is 1. The van der Waals surface area contributed by atoms with E-state index in [0.717, 1.165) is 0 Å². The number of amides is 1. The molecule has 9 heteroatoms. The molecular weight excluding hydrogens is 391 g/mol. The van der Waals surface area contributed by atoms with Crippen molar-refractivity contribution in [2.24, 2.45) is 0 Å². The van der Waals surface area contributed by atoms with Gasteiger partial charge in [0.2, 0.25) is 0 Å². The summed E-state index contributed by atoms with van der Waals surface area (Å²) in [6.45, 7) is -1.37. The first kappa shape index (κ1) is 19.7. The van der Waals surface area contributed by atoms with Crippen LogP contribution < -0.4 is 20.7 Å². The number of rotatable bonds is 5. The van der Waals surface area contributed by atoms with E-state index in [1.54, 1.807) is 25.1 Å². The largest absolute Gasteiger partial charge is 0.434 e. The first-order valence-corrected chi connectivity index (χ1v) is 8.65. The molecule has 0 aromatic heterocycles. The topological polar surface area (TPSA) is 62.4 Å². The van der Waals surface area contributed by atoms with Crippen LogP contribution in [0.5, 0.6) is 5.75 Å². The summed E-state index contributed by atoms with van der Waals surface area (Å²) in [5.41, 5.74) is 1.41. The van der Waals surface area contributed by atoms with Crippen molar-refractivity contribution in [3.05, 3.63) is 71.2 Å². The maximum absolute atomic E-state index is 13.1. The second-order valence-corrected chi connectivity index (χ2v) is 6.36. The number of thiocarbonyl (C=S) groups is 1. The van der Waals surface area contributed by atoms with Crippen molar-refractivity contribution in [1.29, 1.82) is 0 Å². The molecule has 5 nitrogen and oxygen atoms in total. The van der Waals surface area contributed by atoms with Gasteiger partial charge in [-0.25, -0.2) is 4.39 Å². The van der Waals surface area contributed by atoms with Crippen molar-refractivity contribution in [3.63, 3.8) is 0 Å². The Hall–Kier alpha value is -3.07. The van der Waals surface area contributed by atoms with Crippen LogP contribution in [0.2, 0.25) is 0 Å². The predicted octanol–water partition coefficient (Wildman–Crippen LogP) is 3.86. The number of hydrogen-bond acceptors (Lipinski definition) is 3. The lowest BCUT2D eigenvalue weighted by Crippen LogP contribution is -2.45. The molecular formula is C19H16F3N3O2S. The van der Waals surface area contributed by atoms with Crippen LogP contribution in [-0.2, 0) is 4.79 Å². The van der Waals surface area contributed by atoms with Gasteiger partial charge in [0.05, 0.1) is 11.6 Å². The van der Waals surface area contributed by atoms with E-state index in [2.05, 4.69) is 20.7 Å². The zero-order chi connectivity index (χ0) is 20.3. The second kappa shape index (κ2) is 8.30. The Kier molecular flexibility index (Phi) is 5.84. The number of halogens is 3. The van der Waals surface area contributed by atoms with Crippen LogP contribution in [0.3, 0.4) is 0 Å². The van der Waals surface area contributed by atoms with Gasteiger partial charge in [-0.15, -0.1) is 0 Å². The summed E-state index contributed by atoms with van der Waals surface area (Å²) in [5.74, 6) is -1.00. The van der Waals surface area contributed by atoms with Gasteiger partial charge in [0.25, 0.3) is 5.91 Å².